The van der Waals surface area contributed by atoms with Crippen molar-refractivity contribution in [3.8, 4) is 0 Å². The Labute approximate surface area is 110 Å². The molecule has 0 atom stereocenters. The number of carboxylic acid groups (broad SMARTS) is 1. The van der Waals surface area contributed by atoms with Crippen molar-refractivity contribution in [2.45, 2.75) is 65.5 Å². The molecule has 5 nitrogen and oxygen atoms in total. The quantitative estimate of drug-likeness (QED) is 0.737. The monoisotopic (exact) mass is 258 g/mol. The third-order valence-electron chi connectivity index (χ3n) is 3.00. The van der Waals surface area contributed by atoms with Crippen molar-refractivity contribution >= 4 is 12.0 Å². The van der Waals surface area contributed by atoms with E-state index in [-0.39, 0.29) is 24.0 Å². The van der Waals surface area contributed by atoms with Gasteiger partial charge >= 0.3 is 12.0 Å². The van der Waals surface area contributed by atoms with E-state index < -0.39 is 5.97 Å². The van der Waals surface area contributed by atoms with Crippen LogP contribution in [-0.2, 0) is 4.79 Å². The molecular formula is C13H26N2O3. The Bertz CT molecular complexity index is 288. The van der Waals surface area contributed by atoms with Crippen molar-refractivity contribution in [2.75, 3.05) is 6.54 Å². The second-order valence-electron chi connectivity index (χ2n) is 5.45. The molecule has 0 radical (unpaired) electrons. The summed E-state index contributed by atoms with van der Waals surface area (Å²) in [6, 6.07) is -0.0614. The SMILES string of the molecule is CCC(C)(C)NC(=O)N(CCCC(=O)O)C(C)C. The molecule has 0 spiro atoms. The first-order valence-electron chi connectivity index (χ1n) is 6.50. The Morgan fingerprint density at radius 2 is 1.89 bits per heavy atom. The van der Waals surface area contributed by atoms with Crippen LogP contribution < -0.4 is 5.32 Å². The van der Waals surface area contributed by atoms with Crippen molar-refractivity contribution in [1.82, 2.24) is 10.2 Å². The number of nitrogens with one attached hydrogen (secondary N) is 1. The Kier molecular flexibility index (Phi) is 6.73. The van der Waals surface area contributed by atoms with E-state index in [9.17, 15) is 9.59 Å². The lowest BCUT2D eigenvalue weighted by molar-refractivity contribution is -0.137. The third-order valence-corrected chi connectivity index (χ3v) is 3.00. The highest BCUT2D eigenvalue weighted by atomic mass is 16.4. The molecular weight excluding hydrogens is 232 g/mol. The largest absolute Gasteiger partial charge is 0.481 e. The molecule has 5 heteroatoms. The van der Waals surface area contributed by atoms with Crippen LogP contribution in [0.5, 0.6) is 0 Å². The van der Waals surface area contributed by atoms with E-state index in [2.05, 4.69) is 5.32 Å². The van der Waals surface area contributed by atoms with Gasteiger partial charge in [0.1, 0.15) is 0 Å². The zero-order valence-corrected chi connectivity index (χ0v) is 12.1. The minimum Gasteiger partial charge on any atom is -0.481 e. The molecule has 0 aliphatic heterocycles. The average molecular weight is 258 g/mol. The number of amides is 2. The van der Waals surface area contributed by atoms with Crippen LogP contribution >= 0.6 is 0 Å². The molecule has 0 unspecified atom stereocenters. The molecule has 0 saturated carbocycles. The van der Waals surface area contributed by atoms with Crippen LogP contribution in [0.1, 0.15) is 53.9 Å². The molecule has 0 fully saturated rings. The summed E-state index contributed by atoms with van der Waals surface area (Å²) < 4.78 is 0. The predicted molar refractivity (Wildman–Crippen MR) is 71.6 cm³/mol. The average Bonchev–Trinajstić information content (AvgIpc) is 2.22. The Hall–Kier alpha value is -1.26. The summed E-state index contributed by atoms with van der Waals surface area (Å²) in [7, 11) is 0. The number of carbonyl (C=O) groups excluding carboxylic acids is 1. The topological polar surface area (TPSA) is 69.6 Å². The number of carbonyl (C=O) groups is 2. The maximum Gasteiger partial charge on any atom is 0.318 e. The van der Waals surface area contributed by atoms with Crippen molar-refractivity contribution in [3.05, 3.63) is 0 Å². The summed E-state index contributed by atoms with van der Waals surface area (Å²) in [4.78, 5) is 24.3. The summed E-state index contributed by atoms with van der Waals surface area (Å²) in [5.74, 6) is -0.826. The van der Waals surface area contributed by atoms with Gasteiger partial charge in [0.2, 0.25) is 0 Å². The van der Waals surface area contributed by atoms with Crippen LogP contribution in [0.25, 0.3) is 0 Å². The van der Waals surface area contributed by atoms with Crippen LogP contribution in [0.4, 0.5) is 4.79 Å². The number of urea groups is 1. The fourth-order valence-corrected chi connectivity index (χ4v) is 1.44. The second-order valence-corrected chi connectivity index (χ2v) is 5.45. The number of aliphatic carboxylic acids is 1. The van der Waals surface area contributed by atoms with E-state index in [4.69, 9.17) is 5.11 Å². The maximum absolute atomic E-state index is 12.1. The highest BCUT2D eigenvalue weighted by Gasteiger charge is 2.23. The van der Waals surface area contributed by atoms with Crippen LogP contribution in [0, 0.1) is 0 Å². The van der Waals surface area contributed by atoms with Crippen LogP contribution in [0.3, 0.4) is 0 Å². The van der Waals surface area contributed by atoms with Crippen molar-refractivity contribution in [1.29, 1.82) is 0 Å². The summed E-state index contributed by atoms with van der Waals surface area (Å²) >= 11 is 0. The first-order valence-corrected chi connectivity index (χ1v) is 6.50. The Morgan fingerprint density at radius 1 is 1.33 bits per heavy atom. The lowest BCUT2D eigenvalue weighted by atomic mass is 10.0. The molecule has 0 bridgehead atoms. The molecule has 0 heterocycles. The van der Waals surface area contributed by atoms with Crippen molar-refractivity contribution < 1.29 is 14.7 Å². The Morgan fingerprint density at radius 3 is 2.28 bits per heavy atom. The van der Waals surface area contributed by atoms with E-state index in [1.54, 1.807) is 4.90 Å². The minimum atomic E-state index is -0.826. The maximum atomic E-state index is 12.1. The van der Waals surface area contributed by atoms with Gasteiger partial charge in [0.05, 0.1) is 0 Å². The van der Waals surface area contributed by atoms with Crippen molar-refractivity contribution in [3.63, 3.8) is 0 Å². The van der Waals surface area contributed by atoms with Gasteiger partial charge in [-0.3, -0.25) is 4.79 Å². The minimum absolute atomic E-state index is 0.0615. The van der Waals surface area contributed by atoms with Gasteiger partial charge in [0, 0.05) is 24.5 Å². The first-order chi connectivity index (χ1) is 8.19. The Balaban J connectivity index is 4.41. The molecule has 0 aromatic rings. The molecule has 0 rings (SSSR count). The predicted octanol–water partition coefficient (Wildman–Crippen LogP) is 2.46. The second kappa shape index (κ2) is 7.24. The fourth-order valence-electron chi connectivity index (χ4n) is 1.44. The summed E-state index contributed by atoms with van der Waals surface area (Å²) in [6.45, 7) is 10.3. The van der Waals surface area contributed by atoms with Gasteiger partial charge in [0.25, 0.3) is 0 Å². The van der Waals surface area contributed by atoms with Gasteiger partial charge in [-0.2, -0.15) is 0 Å². The molecule has 0 aliphatic rings. The van der Waals surface area contributed by atoms with Gasteiger partial charge in [-0.05, 0) is 40.5 Å². The zero-order chi connectivity index (χ0) is 14.3. The first kappa shape index (κ1) is 16.7. The highest BCUT2D eigenvalue weighted by Crippen LogP contribution is 2.10. The molecule has 2 N–H and O–H groups in total. The van der Waals surface area contributed by atoms with E-state index in [1.165, 1.54) is 0 Å². The molecule has 18 heavy (non-hydrogen) atoms. The molecule has 0 aromatic heterocycles. The number of carboxylic acids is 1. The lowest BCUT2D eigenvalue weighted by Gasteiger charge is -2.32. The van der Waals surface area contributed by atoms with E-state index in [0.717, 1.165) is 6.42 Å². The normalized spacial score (nSPS) is 11.4. The number of hydrogen-bond donors (Lipinski definition) is 2. The summed E-state index contributed by atoms with van der Waals surface area (Å²) in [5, 5.41) is 11.6. The van der Waals surface area contributed by atoms with Gasteiger partial charge < -0.3 is 15.3 Å². The van der Waals surface area contributed by atoms with Gasteiger partial charge in [0.15, 0.2) is 0 Å². The summed E-state index contributed by atoms with van der Waals surface area (Å²) in [5.41, 5.74) is -0.239. The third kappa shape index (κ3) is 6.47. The number of hydrogen-bond acceptors (Lipinski definition) is 2. The zero-order valence-electron chi connectivity index (χ0n) is 12.1. The van der Waals surface area contributed by atoms with Crippen LogP contribution in [0.15, 0.2) is 0 Å². The molecule has 0 saturated heterocycles. The van der Waals surface area contributed by atoms with Crippen LogP contribution in [-0.4, -0.2) is 40.1 Å². The fraction of sp³-hybridized carbons (Fsp3) is 0.846. The molecule has 106 valence electrons. The highest BCUT2D eigenvalue weighted by molar-refractivity contribution is 5.75. The van der Waals surface area contributed by atoms with Gasteiger partial charge in [-0.25, -0.2) is 4.79 Å². The molecule has 2 amide bonds. The smallest absolute Gasteiger partial charge is 0.318 e. The standard InChI is InChI=1S/C13H26N2O3/c1-6-13(4,5)14-12(18)15(10(2)3)9-7-8-11(16)17/h10H,6-9H2,1-5H3,(H,14,18)(H,16,17). The lowest BCUT2D eigenvalue weighted by Crippen LogP contribution is -2.52. The number of nitrogens with zero attached hydrogens (tertiary/aromatic N) is 1. The van der Waals surface area contributed by atoms with Crippen LogP contribution in [0.2, 0.25) is 0 Å². The van der Waals surface area contributed by atoms with Gasteiger partial charge in [-0.1, -0.05) is 6.92 Å². The molecule has 0 aromatic carbocycles. The number of rotatable bonds is 7. The van der Waals surface area contributed by atoms with E-state index in [0.29, 0.717) is 13.0 Å². The molecule has 0 aliphatic carbocycles. The van der Waals surface area contributed by atoms with E-state index in [1.807, 2.05) is 34.6 Å². The van der Waals surface area contributed by atoms with E-state index >= 15 is 0 Å². The van der Waals surface area contributed by atoms with Crippen molar-refractivity contribution in [2.24, 2.45) is 0 Å². The summed E-state index contributed by atoms with van der Waals surface area (Å²) in [6.07, 6.45) is 1.42. The van der Waals surface area contributed by atoms with Gasteiger partial charge in [-0.15, -0.1) is 0 Å².